The molecule has 0 spiro atoms. The molecule has 4 heteroatoms. The first-order chi connectivity index (χ1) is 8.31. The Morgan fingerprint density at radius 2 is 2.18 bits per heavy atom. The molecule has 0 aliphatic carbocycles. The number of rotatable bonds is 7. The van der Waals surface area contributed by atoms with E-state index >= 15 is 0 Å². The molecular formula is C13H25N3O. The number of hydrogen-bond donors (Lipinski definition) is 0. The van der Waals surface area contributed by atoms with Gasteiger partial charge in [0.05, 0.1) is 12.7 Å². The summed E-state index contributed by atoms with van der Waals surface area (Å²) < 4.78 is 5.15. The van der Waals surface area contributed by atoms with Crippen LogP contribution in [0.1, 0.15) is 26.2 Å². The van der Waals surface area contributed by atoms with Gasteiger partial charge < -0.3 is 9.64 Å². The highest BCUT2D eigenvalue weighted by Crippen LogP contribution is 2.13. The Balaban J connectivity index is 2.30. The van der Waals surface area contributed by atoms with E-state index in [1.165, 1.54) is 6.42 Å². The second-order valence-electron chi connectivity index (χ2n) is 4.65. The lowest BCUT2D eigenvalue weighted by molar-refractivity contribution is 0.0495. The Morgan fingerprint density at radius 1 is 1.35 bits per heavy atom. The monoisotopic (exact) mass is 239 g/mol. The van der Waals surface area contributed by atoms with Gasteiger partial charge in [0.2, 0.25) is 0 Å². The maximum atomic E-state index is 8.54. The molecule has 1 aliphatic heterocycles. The van der Waals surface area contributed by atoms with Gasteiger partial charge in [0.15, 0.2) is 0 Å². The van der Waals surface area contributed by atoms with Gasteiger partial charge in [0, 0.05) is 45.8 Å². The van der Waals surface area contributed by atoms with Crippen LogP contribution in [0.3, 0.4) is 0 Å². The fourth-order valence-electron chi connectivity index (χ4n) is 2.43. The third kappa shape index (κ3) is 5.03. The minimum atomic E-state index is 0.654. The highest BCUT2D eigenvalue weighted by molar-refractivity contribution is 4.82. The van der Waals surface area contributed by atoms with Gasteiger partial charge in [-0.3, -0.25) is 4.90 Å². The van der Waals surface area contributed by atoms with Crippen molar-refractivity contribution >= 4 is 0 Å². The summed E-state index contributed by atoms with van der Waals surface area (Å²) in [7, 11) is 1.76. The van der Waals surface area contributed by atoms with Crippen molar-refractivity contribution in [2.45, 2.75) is 32.2 Å². The average Bonchev–Trinajstić information content (AvgIpc) is 2.37. The number of ether oxygens (including phenoxy) is 1. The lowest BCUT2D eigenvalue weighted by Gasteiger charge is -2.41. The quantitative estimate of drug-likeness (QED) is 0.628. The number of methoxy groups -OCH3 is 1. The molecule has 0 amide bonds. The van der Waals surface area contributed by atoms with Crippen molar-refractivity contribution < 1.29 is 4.74 Å². The molecule has 0 unspecified atom stereocenters. The summed E-state index contributed by atoms with van der Waals surface area (Å²) in [5, 5.41) is 8.54. The molecule has 4 nitrogen and oxygen atoms in total. The van der Waals surface area contributed by atoms with Gasteiger partial charge in [0.1, 0.15) is 0 Å². The summed E-state index contributed by atoms with van der Waals surface area (Å²) in [6, 6.07) is 2.87. The SMILES string of the molecule is CC[C@H]1CN(CCCC#N)CCN1CCOC. The molecule has 0 N–H and O–H groups in total. The van der Waals surface area contributed by atoms with E-state index in [1.54, 1.807) is 7.11 Å². The summed E-state index contributed by atoms with van der Waals surface area (Å²) in [6.07, 6.45) is 2.88. The van der Waals surface area contributed by atoms with Gasteiger partial charge in [-0.15, -0.1) is 0 Å². The first kappa shape index (κ1) is 14.4. The third-order valence-electron chi connectivity index (χ3n) is 3.51. The van der Waals surface area contributed by atoms with E-state index in [9.17, 15) is 0 Å². The van der Waals surface area contributed by atoms with Crippen LogP contribution in [-0.4, -0.2) is 62.3 Å². The maximum Gasteiger partial charge on any atom is 0.0622 e. The molecule has 1 saturated heterocycles. The Labute approximate surface area is 105 Å². The summed E-state index contributed by atoms with van der Waals surface area (Å²) in [6.45, 7) is 8.60. The van der Waals surface area contributed by atoms with Gasteiger partial charge in [-0.1, -0.05) is 6.92 Å². The molecule has 0 radical (unpaired) electrons. The topological polar surface area (TPSA) is 39.5 Å². The summed E-state index contributed by atoms with van der Waals surface area (Å²) in [5.41, 5.74) is 0. The van der Waals surface area contributed by atoms with E-state index in [2.05, 4.69) is 22.8 Å². The standard InChI is InChI=1S/C13H25N3O/c1-3-13-12-15(7-5-4-6-14)8-9-16(13)10-11-17-2/h13H,3-5,7-12H2,1-2H3/t13-/m0/s1. The molecule has 0 aromatic rings. The van der Waals surface area contributed by atoms with Crippen LogP contribution in [0.2, 0.25) is 0 Å². The van der Waals surface area contributed by atoms with E-state index in [1.807, 2.05) is 0 Å². The zero-order valence-corrected chi connectivity index (χ0v) is 11.2. The normalized spacial score (nSPS) is 22.5. The second kappa shape index (κ2) is 8.46. The van der Waals surface area contributed by atoms with Crippen LogP contribution in [0.25, 0.3) is 0 Å². The van der Waals surface area contributed by atoms with Crippen molar-refractivity contribution in [3.05, 3.63) is 0 Å². The van der Waals surface area contributed by atoms with E-state index in [0.717, 1.165) is 45.8 Å². The van der Waals surface area contributed by atoms with Gasteiger partial charge in [-0.25, -0.2) is 0 Å². The van der Waals surface area contributed by atoms with Crippen molar-refractivity contribution in [1.29, 1.82) is 5.26 Å². The van der Waals surface area contributed by atoms with Gasteiger partial charge in [-0.05, 0) is 19.4 Å². The molecule has 0 aromatic heterocycles. The predicted octanol–water partition coefficient (Wildman–Crippen LogP) is 1.33. The van der Waals surface area contributed by atoms with Crippen molar-refractivity contribution in [3.63, 3.8) is 0 Å². The van der Waals surface area contributed by atoms with Crippen molar-refractivity contribution in [2.24, 2.45) is 0 Å². The van der Waals surface area contributed by atoms with E-state index in [4.69, 9.17) is 10.00 Å². The Hall–Kier alpha value is -0.630. The Bertz CT molecular complexity index is 239. The van der Waals surface area contributed by atoms with Crippen LogP contribution in [-0.2, 0) is 4.74 Å². The van der Waals surface area contributed by atoms with E-state index in [0.29, 0.717) is 12.5 Å². The molecule has 0 bridgehead atoms. The first-order valence-corrected chi connectivity index (χ1v) is 6.64. The molecule has 98 valence electrons. The van der Waals surface area contributed by atoms with Gasteiger partial charge in [-0.2, -0.15) is 5.26 Å². The number of unbranched alkanes of at least 4 members (excludes halogenated alkanes) is 1. The van der Waals surface area contributed by atoms with Crippen LogP contribution >= 0.6 is 0 Å². The highest BCUT2D eigenvalue weighted by atomic mass is 16.5. The highest BCUT2D eigenvalue weighted by Gasteiger charge is 2.24. The molecule has 0 saturated carbocycles. The van der Waals surface area contributed by atoms with Crippen LogP contribution in [0.4, 0.5) is 0 Å². The van der Waals surface area contributed by atoms with Gasteiger partial charge in [0.25, 0.3) is 0 Å². The average molecular weight is 239 g/mol. The first-order valence-electron chi connectivity index (χ1n) is 6.64. The number of hydrogen-bond acceptors (Lipinski definition) is 4. The van der Waals surface area contributed by atoms with Crippen LogP contribution < -0.4 is 0 Å². The Kier molecular flexibility index (Phi) is 7.18. The lowest BCUT2D eigenvalue weighted by atomic mass is 10.1. The van der Waals surface area contributed by atoms with E-state index in [-0.39, 0.29) is 0 Å². The minimum absolute atomic E-state index is 0.654. The maximum absolute atomic E-state index is 8.54. The Morgan fingerprint density at radius 3 is 2.82 bits per heavy atom. The molecule has 1 atom stereocenters. The zero-order valence-electron chi connectivity index (χ0n) is 11.2. The molecular weight excluding hydrogens is 214 g/mol. The fourth-order valence-corrected chi connectivity index (χ4v) is 2.43. The zero-order chi connectivity index (χ0) is 12.5. The van der Waals surface area contributed by atoms with Crippen LogP contribution in [0.15, 0.2) is 0 Å². The van der Waals surface area contributed by atoms with E-state index < -0.39 is 0 Å². The number of piperazine rings is 1. The molecule has 1 heterocycles. The molecule has 0 aromatic carbocycles. The van der Waals surface area contributed by atoms with Crippen molar-refractivity contribution in [3.8, 4) is 6.07 Å². The van der Waals surface area contributed by atoms with Crippen molar-refractivity contribution in [2.75, 3.05) is 46.4 Å². The smallest absolute Gasteiger partial charge is 0.0622 e. The predicted molar refractivity (Wildman–Crippen MR) is 68.8 cm³/mol. The van der Waals surface area contributed by atoms with Gasteiger partial charge >= 0.3 is 0 Å². The summed E-state index contributed by atoms with van der Waals surface area (Å²) in [5.74, 6) is 0. The lowest BCUT2D eigenvalue weighted by Crippen LogP contribution is -2.53. The fraction of sp³-hybridized carbons (Fsp3) is 0.923. The third-order valence-corrected chi connectivity index (χ3v) is 3.51. The molecule has 1 aliphatic rings. The molecule has 1 fully saturated rings. The number of nitriles is 1. The minimum Gasteiger partial charge on any atom is -0.383 e. The van der Waals surface area contributed by atoms with Crippen molar-refractivity contribution in [1.82, 2.24) is 9.80 Å². The molecule has 17 heavy (non-hydrogen) atoms. The summed E-state index contributed by atoms with van der Waals surface area (Å²) in [4.78, 5) is 5.03. The second-order valence-corrected chi connectivity index (χ2v) is 4.65. The van der Waals surface area contributed by atoms with Crippen LogP contribution in [0, 0.1) is 11.3 Å². The summed E-state index contributed by atoms with van der Waals surface area (Å²) >= 11 is 0. The van der Waals surface area contributed by atoms with Crippen LogP contribution in [0.5, 0.6) is 0 Å². The largest absolute Gasteiger partial charge is 0.383 e. The number of nitrogens with zero attached hydrogens (tertiary/aromatic N) is 3. The molecule has 1 rings (SSSR count).